The molecule has 1 aromatic rings. The largest absolute Gasteiger partial charge is 0.329 e. The third-order valence-electron chi connectivity index (χ3n) is 4.71. The third-order valence-corrected chi connectivity index (χ3v) is 4.71. The average molecular weight is 258 g/mol. The van der Waals surface area contributed by atoms with Gasteiger partial charge < -0.3 is 11.1 Å². The van der Waals surface area contributed by atoms with Crippen LogP contribution in [0.5, 0.6) is 0 Å². The zero-order valence-electron chi connectivity index (χ0n) is 11.7. The van der Waals surface area contributed by atoms with Gasteiger partial charge in [0.15, 0.2) is 0 Å². The predicted molar refractivity (Wildman–Crippen MR) is 79.9 cm³/mol. The molecule has 0 bridgehead atoms. The Balaban J connectivity index is 1.48. The molecule has 0 heterocycles. The van der Waals surface area contributed by atoms with E-state index in [4.69, 9.17) is 5.73 Å². The van der Waals surface area contributed by atoms with E-state index in [0.717, 1.165) is 30.7 Å². The van der Waals surface area contributed by atoms with E-state index in [1.165, 1.54) is 37.8 Å². The van der Waals surface area contributed by atoms with Crippen LogP contribution in [-0.4, -0.2) is 19.1 Å². The molecule has 0 aliphatic heterocycles. The molecule has 0 radical (unpaired) electrons. The molecular weight excluding hydrogens is 232 g/mol. The molecule has 2 nitrogen and oxygen atoms in total. The number of benzene rings is 1. The van der Waals surface area contributed by atoms with Gasteiger partial charge in [0.25, 0.3) is 0 Å². The standard InChI is InChI=1S/C17H26N2/c18-11-16(10-13-4-2-1-3-5-13)19-12-17(14-6-7-14)15-8-9-15/h1-5,14-17,19H,6-12,18H2. The Labute approximate surface area is 116 Å². The summed E-state index contributed by atoms with van der Waals surface area (Å²) < 4.78 is 0. The Bertz CT molecular complexity index is 370. The molecule has 1 unspecified atom stereocenters. The average Bonchev–Trinajstić information content (AvgIpc) is 3.31. The van der Waals surface area contributed by atoms with E-state index in [0.29, 0.717) is 6.04 Å². The van der Waals surface area contributed by atoms with Gasteiger partial charge in [-0.05, 0) is 62.0 Å². The van der Waals surface area contributed by atoms with Gasteiger partial charge in [-0.3, -0.25) is 0 Å². The van der Waals surface area contributed by atoms with E-state index >= 15 is 0 Å². The van der Waals surface area contributed by atoms with Crippen molar-refractivity contribution in [3.05, 3.63) is 35.9 Å². The van der Waals surface area contributed by atoms with Gasteiger partial charge in [-0.2, -0.15) is 0 Å². The number of nitrogens with one attached hydrogen (secondary N) is 1. The summed E-state index contributed by atoms with van der Waals surface area (Å²) in [5.74, 6) is 2.98. The minimum Gasteiger partial charge on any atom is -0.329 e. The van der Waals surface area contributed by atoms with Crippen LogP contribution in [0.3, 0.4) is 0 Å². The van der Waals surface area contributed by atoms with Crippen molar-refractivity contribution >= 4 is 0 Å². The lowest BCUT2D eigenvalue weighted by molar-refractivity contribution is 0.354. The van der Waals surface area contributed by atoms with E-state index in [-0.39, 0.29) is 0 Å². The fourth-order valence-corrected chi connectivity index (χ4v) is 3.21. The predicted octanol–water partition coefficient (Wildman–Crippen LogP) is 2.58. The van der Waals surface area contributed by atoms with Crippen LogP contribution in [0.15, 0.2) is 30.3 Å². The molecule has 2 fully saturated rings. The molecule has 2 aliphatic carbocycles. The van der Waals surface area contributed by atoms with Crippen LogP contribution in [0.4, 0.5) is 0 Å². The van der Waals surface area contributed by atoms with Crippen LogP contribution < -0.4 is 11.1 Å². The number of hydrogen-bond acceptors (Lipinski definition) is 2. The van der Waals surface area contributed by atoms with Crippen molar-refractivity contribution in [1.29, 1.82) is 0 Å². The van der Waals surface area contributed by atoms with Crippen molar-refractivity contribution in [3.63, 3.8) is 0 Å². The highest BCUT2D eigenvalue weighted by atomic mass is 14.9. The van der Waals surface area contributed by atoms with E-state index in [2.05, 4.69) is 35.6 Å². The molecule has 3 rings (SSSR count). The second-order valence-electron chi connectivity index (χ2n) is 6.37. The molecule has 3 N–H and O–H groups in total. The molecule has 2 aliphatic rings. The fraction of sp³-hybridized carbons (Fsp3) is 0.647. The highest BCUT2D eigenvalue weighted by Crippen LogP contribution is 2.48. The van der Waals surface area contributed by atoms with Crippen LogP contribution in [0.25, 0.3) is 0 Å². The maximum absolute atomic E-state index is 5.93. The molecule has 0 spiro atoms. The van der Waals surface area contributed by atoms with Gasteiger partial charge in [0.05, 0.1) is 0 Å². The smallest absolute Gasteiger partial charge is 0.0230 e. The molecule has 19 heavy (non-hydrogen) atoms. The molecule has 0 amide bonds. The Hall–Kier alpha value is -0.860. The van der Waals surface area contributed by atoms with Gasteiger partial charge >= 0.3 is 0 Å². The summed E-state index contributed by atoms with van der Waals surface area (Å²) >= 11 is 0. The van der Waals surface area contributed by atoms with Gasteiger partial charge in [0.1, 0.15) is 0 Å². The quantitative estimate of drug-likeness (QED) is 0.752. The minimum absolute atomic E-state index is 0.433. The van der Waals surface area contributed by atoms with Gasteiger partial charge in [-0.1, -0.05) is 30.3 Å². The molecule has 2 saturated carbocycles. The van der Waals surface area contributed by atoms with Crippen LogP contribution >= 0.6 is 0 Å². The summed E-state index contributed by atoms with van der Waals surface area (Å²) in [7, 11) is 0. The Morgan fingerprint density at radius 2 is 1.68 bits per heavy atom. The highest BCUT2D eigenvalue weighted by molar-refractivity contribution is 5.16. The first kappa shape index (κ1) is 13.1. The van der Waals surface area contributed by atoms with E-state index < -0.39 is 0 Å². The van der Waals surface area contributed by atoms with Crippen molar-refractivity contribution in [2.75, 3.05) is 13.1 Å². The van der Waals surface area contributed by atoms with Crippen LogP contribution in [0.1, 0.15) is 31.2 Å². The monoisotopic (exact) mass is 258 g/mol. The summed E-state index contributed by atoms with van der Waals surface area (Å²) in [5, 5.41) is 3.74. The number of rotatable bonds is 8. The second-order valence-corrected chi connectivity index (χ2v) is 6.37. The lowest BCUT2D eigenvalue weighted by Crippen LogP contribution is -2.41. The Kier molecular flexibility index (Phi) is 4.19. The lowest BCUT2D eigenvalue weighted by atomic mass is 9.97. The summed E-state index contributed by atoms with van der Waals surface area (Å²) in [5.41, 5.74) is 7.32. The fourth-order valence-electron chi connectivity index (χ4n) is 3.21. The maximum atomic E-state index is 5.93. The Morgan fingerprint density at radius 3 is 2.21 bits per heavy atom. The SMILES string of the molecule is NCC(Cc1ccccc1)NCC(C1CC1)C1CC1. The molecular formula is C17H26N2. The molecule has 104 valence electrons. The highest BCUT2D eigenvalue weighted by Gasteiger charge is 2.41. The zero-order chi connectivity index (χ0) is 13.1. The number of hydrogen-bond donors (Lipinski definition) is 2. The van der Waals surface area contributed by atoms with Gasteiger partial charge in [-0.25, -0.2) is 0 Å². The molecule has 0 saturated heterocycles. The van der Waals surface area contributed by atoms with Gasteiger partial charge in [-0.15, -0.1) is 0 Å². The van der Waals surface area contributed by atoms with E-state index in [9.17, 15) is 0 Å². The van der Waals surface area contributed by atoms with Crippen molar-refractivity contribution in [3.8, 4) is 0 Å². The minimum atomic E-state index is 0.433. The van der Waals surface area contributed by atoms with E-state index in [1.54, 1.807) is 0 Å². The van der Waals surface area contributed by atoms with Crippen molar-refractivity contribution in [2.24, 2.45) is 23.5 Å². The normalized spacial score (nSPS) is 20.7. The van der Waals surface area contributed by atoms with Crippen LogP contribution in [-0.2, 0) is 6.42 Å². The molecule has 2 heteroatoms. The maximum Gasteiger partial charge on any atom is 0.0230 e. The van der Waals surface area contributed by atoms with Crippen molar-refractivity contribution < 1.29 is 0 Å². The number of nitrogens with two attached hydrogens (primary N) is 1. The third kappa shape index (κ3) is 3.80. The summed E-state index contributed by atoms with van der Waals surface area (Å²) in [6.07, 6.45) is 6.92. The lowest BCUT2D eigenvalue weighted by Gasteiger charge is -2.22. The molecule has 0 aromatic heterocycles. The molecule has 1 atom stereocenters. The van der Waals surface area contributed by atoms with Gasteiger partial charge in [0, 0.05) is 12.6 Å². The topological polar surface area (TPSA) is 38.0 Å². The summed E-state index contributed by atoms with van der Waals surface area (Å²) in [6.45, 7) is 1.92. The second kappa shape index (κ2) is 6.06. The van der Waals surface area contributed by atoms with E-state index in [1.807, 2.05) is 0 Å². The van der Waals surface area contributed by atoms with Gasteiger partial charge in [0.2, 0.25) is 0 Å². The summed E-state index contributed by atoms with van der Waals surface area (Å²) in [6, 6.07) is 11.1. The van der Waals surface area contributed by atoms with Crippen LogP contribution in [0, 0.1) is 17.8 Å². The first-order valence-electron chi connectivity index (χ1n) is 7.84. The molecule has 1 aromatic carbocycles. The first-order valence-corrected chi connectivity index (χ1v) is 7.84. The van der Waals surface area contributed by atoms with Crippen molar-refractivity contribution in [1.82, 2.24) is 5.32 Å². The first-order chi connectivity index (χ1) is 9.36. The summed E-state index contributed by atoms with van der Waals surface area (Å²) in [4.78, 5) is 0. The zero-order valence-corrected chi connectivity index (χ0v) is 11.7. The van der Waals surface area contributed by atoms with Crippen molar-refractivity contribution in [2.45, 2.75) is 38.1 Å². The van der Waals surface area contributed by atoms with Crippen LogP contribution in [0.2, 0.25) is 0 Å². The Morgan fingerprint density at radius 1 is 1.05 bits per heavy atom.